The Morgan fingerprint density at radius 1 is 1.30 bits per heavy atom. The van der Waals surface area contributed by atoms with Gasteiger partial charge in [-0.2, -0.15) is 5.26 Å². The van der Waals surface area contributed by atoms with Gasteiger partial charge in [0.25, 0.3) is 5.56 Å². The van der Waals surface area contributed by atoms with Gasteiger partial charge in [0, 0.05) is 18.2 Å². The Bertz CT molecular complexity index is 770. The summed E-state index contributed by atoms with van der Waals surface area (Å²) in [7, 11) is 3.08. The van der Waals surface area contributed by atoms with Crippen LogP contribution in [0.1, 0.15) is 11.1 Å². The zero-order valence-corrected chi connectivity index (χ0v) is 11.6. The van der Waals surface area contributed by atoms with Crippen molar-refractivity contribution in [3.63, 3.8) is 0 Å². The van der Waals surface area contributed by atoms with Gasteiger partial charge < -0.3 is 10.5 Å². The fourth-order valence-corrected chi connectivity index (χ4v) is 2.07. The van der Waals surface area contributed by atoms with E-state index in [-0.39, 0.29) is 5.56 Å². The second-order valence-corrected chi connectivity index (χ2v) is 4.54. The molecule has 0 aliphatic carbocycles. The average molecular weight is 269 g/mol. The van der Waals surface area contributed by atoms with Crippen LogP contribution in [0.5, 0.6) is 5.75 Å². The van der Waals surface area contributed by atoms with Crippen molar-refractivity contribution in [2.75, 3.05) is 12.8 Å². The number of nitrogens with zero attached hydrogens (tertiary/aromatic N) is 2. The molecule has 5 nitrogen and oxygen atoms in total. The number of anilines is 1. The highest BCUT2D eigenvalue weighted by molar-refractivity contribution is 5.77. The molecule has 0 radical (unpaired) electrons. The minimum Gasteiger partial charge on any atom is -0.496 e. The summed E-state index contributed by atoms with van der Waals surface area (Å²) >= 11 is 0. The number of ether oxygens (including phenoxy) is 1. The Balaban J connectivity index is 2.87. The van der Waals surface area contributed by atoms with Crippen LogP contribution in [0.25, 0.3) is 11.1 Å². The highest BCUT2D eigenvalue weighted by Gasteiger charge is 2.16. The lowest BCUT2D eigenvalue weighted by Crippen LogP contribution is -2.23. The fourth-order valence-electron chi connectivity index (χ4n) is 2.07. The molecule has 2 aromatic rings. The predicted octanol–water partition coefficient (Wildman–Crippen LogP) is 1.82. The van der Waals surface area contributed by atoms with Crippen LogP contribution in [-0.2, 0) is 7.05 Å². The number of rotatable bonds is 2. The third kappa shape index (κ3) is 2.12. The summed E-state index contributed by atoms with van der Waals surface area (Å²) in [4.78, 5) is 12.1. The molecule has 0 fully saturated rings. The Kier molecular flexibility index (Phi) is 3.49. The molecule has 0 spiro atoms. The molecule has 0 atom stereocenters. The minimum absolute atomic E-state index is 0.0607. The number of aromatic nitrogens is 1. The Morgan fingerprint density at radius 3 is 2.60 bits per heavy atom. The standard InChI is InChI=1S/C15H15N3O2/c1-9-4-5-13(20-3)11(6-9)10-7-14(17)18(2)15(19)12(10)8-16/h4-7H,17H2,1-3H3. The number of methoxy groups -OCH3 is 1. The van der Waals surface area contributed by atoms with Crippen molar-refractivity contribution in [2.24, 2.45) is 7.05 Å². The quantitative estimate of drug-likeness (QED) is 0.901. The highest BCUT2D eigenvalue weighted by Crippen LogP contribution is 2.32. The van der Waals surface area contributed by atoms with Crippen molar-refractivity contribution in [3.05, 3.63) is 45.7 Å². The van der Waals surface area contributed by atoms with Crippen molar-refractivity contribution in [1.82, 2.24) is 4.57 Å². The van der Waals surface area contributed by atoms with Crippen LogP contribution < -0.4 is 16.0 Å². The zero-order chi connectivity index (χ0) is 14.9. The summed E-state index contributed by atoms with van der Waals surface area (Å²) in [5.41, 5.74) is 7.66. The Hall–Kier alpha value is -2.74. The fraction of sp³-hybridized carbons (Fsp3) is 0.200. The van der Waals surface area contributed by atoms with Crippen molar-refractivity contribution in [3.8, 4) is 22.9 Å². The first-order valence-corrected chi connectivity index (χ1v) is 6.04. The number of nitriles is 1. The number of benzene rings is 1. The van der Waals surface area contributed by atoms with Crippen LogP contribution in [0.3, 0.4) is 0 Å². The smallest absolute Gasteiger partial charge is 0.270 e. The number of nitrogens with two attached hydrogens (primary N) is 1. The average Bonchev–Trinajstić information content (AvgIpc) is 2.44. The molecule has 5 heteroatoms. The van der Waals surface area contributed by atoms with Crippen molar-refractivity contribution < 1.29 is 4.74 Å². The van der Waals surface area contributed by atoms with Gasteiger partial charge in [-0.05, 0) is 25.1 Å². The molecule has 0 amide bonds. The molecule has 2 rings (SSSR count). The summed E-state index contributed by atoms with van der Waals surface area (Å²) in [6.45, 7) is 1.93. The molecule has 0 saturated carbocycles. The van der Waals surface area contributed by atoms with Gasteiger partial charge in [0.15, 0.2) is 0 Å². The van der Waals surface area contributed by atoms with Gasteiger partial charge in [-0.1, -0.05) is 11.6 Å². The van der Waals surface area contributed by atoms with E-state index >= 15 is 0 Å². The minimum atomic E-state index is -0.411. The molecule has 0 unspecified atom stereocenters. The third-order valence-corrected chi connectivity index (χ3v) is 3.22. The highest BCUT2D eigenvalue weighted by atomic mass is 16.5. The summed E-state index contributed by atoms with van der Waals surface area (Å²) in [5.74, 6) is 0.896. The van der Waals surface area contributed by atoms with Gasteiger partial charge in [-0.15, -0.1) is 0 Å². The Labute approximate surface area is 116 Å². The van der Waals surface area contributed by atoms with Crippen LogP contribution in [-0.4, -0.2) is 11.7 Å². The lowest BCUT2D eigenvalue weighted by Gasteiger charge is -2.13. The summed E-state index contributed by atoms with van der Waals surface area (Å²) in [6, 6.07) is 9.15. The van der Waals surface area contributed by atoms with E-state index in [0.29, 0.717) is 22.7 Å². The molecule has 0 bridgehead atoms. The topological polar surface area (TPSA) is 81.0 Å². The molecule has 0 saturated heterocycles. The second-order valence-electron chi connectivity index (χ2n) is 4.54. The molecule has 2 N–H and O–H groups in total. The van der Waals surface area contributed by atoms with Gasteiger partial charge in [-0.3, -0.25) is 9.36 Å². The normalized spacial score (nSPS) is 10.1. The molecule has 20 heavy (non-hydrogen) atoms. The van der Waals surface area contributed by atoms with Crippen LogP contribution in [0.15, 0.2) is 29.1 Å². The van der Waals surface area contributed by atoms with Gasteiger partial charge >= 0.3 is 0 Å². The second kappa shape index (κ2) is 5.10. The van der Waals surface area contributed by atoms with E-state index in [1.54, 1.807) is 19.2 Å². The summed E-state index contributed by atoms with van der Waals surface area (Å²) in [6.07, 6.45) is 0. The maximum atomic E-state index is 12.1. The zero-order valence-electron chi connectivity index (χ0n) is 11.6. The van der Waals surface area contributed by atoms with E-state index in [9.17, 15) is 10.1 Å². The van der Waals surface area contributed by atoms with Crippen molar-refractivity contribution >= 4 is 5.82 Å². The number of pyridine rings is 1. The largest absolute Gasteiger partial charge is 0.496 e. The first-order valence-electron chi connectivity index (χ1n) is 6.04. The van der Waals surface area contributed by atoms with Gasteiger partial charge in [-0.25, -0.2) is 0 Å². The number of hydrogen-bond donors (Lipinski definition) is 1. The summed E-state index contributed by atoms with van der Waals surface area (Å²) in [5, 5.41) is 9.26. The predicted molar refractivity (Wildman–Crippen MR) is 77.5 cm³/mol. The number of nitrogen functional groups attached to an aromatic ring is 1. The maximum absolute atomic E-state index is 12.1. The van der Waals surface area contributed by atoms with Crippen LogP contribution in [0.4, 0.5) is 5.82 Å². The van der Waals surface area contributed by atoms with E-state index in [1.165, 1.54) is 11.6 Å². The third-order valence-electron chi connectivity index (χ3n) is 3.22. The SMILES string of the molecule is COc1ccc(C)cc1-c1cc(N)n(C)c(=O)c1C#N. The Morgan fingerprint density at radius 2 is 2.00 bits per heavy atom. The lowest BCUT2D eigenvalue weighted by molar-refractivity contribution is 0.416. The molecular weight excluding hydrogens is 254 g/mol. The van der Waals surface area contributed by atoms with Gasteiger partial charge in [0.2, 0.25) is 0 Å². The van der Waals surface area contributed by atoms with Crippen LogP contribution in [0, 0.1) is 18.3 Å². The molecule has 1 aromatic heterocycles. The van der Waals surface area contributed by atoms with Crippen LogP contribution >= 0.6 is 0 Å². The first-order chi connectivity index (χ1) is 9.49. The number of aryl methyl sites for hydroxylation is 1. The van der Waals surface area contributed by atoms with Crippen LogP contribution in [0.2, 0.25) is 0 Å². The van der Waals surface area contributed by atoms with E-state index in [1.807, 2.05) is 25.1 Å². The van der Waals surface area contributed by atoms with Gasteiger partial charge in [0.1, 0.15) is 23.2 Å². The van der Waals surface area contributed by atoms with E-state index in [0.717, 1.165) is 5.56 Å². The summed E-state index contributed by atoms with van der Waals surface area (Å²) < 4.78 is 6.56. The van der Waals surface area contributed by atoms with E-state index < -0.39 is 5.56 Å². The first kappa shape index (κ1) is 13.7. The molecular formula is C15H15N3O2. The lowest BCUT2D eigenvalue weighted by atomic mass is 9.99. The van der Waals surface area contributed by atoms with E-state index in [4.69, 9.17) is 10.5 Å². The molecule has 0 aliphatic rings. The molecule has 102 valence electrons. The molecule has 1 heterocycles. The van der Waals surface area contributed by atoms with Gasteiger partial charge in [0.05, 0.1) is 7.11 Å². The maximum Gasteiger partial charge on any atom is 0.270 e. The molecule has 1 aromatic carbocycles. The van der Waals surface area contributed by atoms with Crippen molar-refractivity contribution in [2.45, 2.75) is 6.92 Å². The van der Waals surface area contributed by atoms with Crippen molar-refractivity contribution in [1.29, 1.82) is 5.26 Å². The molecule has 0 aliphatic heterocycles. The monoisotopic (exact) mass is 269 g/mol. The van der Waals surface area contributed by atoms with E-state index in [2.05, 4.69) is 0 Å². The number of hydrogen-bond acceptors (Lipinski definition) is 4.